The molecule has 1 aromatic heterocycles. The van der Waals surface area contributed by atoms with Crippen molar-refractivity contribution in [1.29, 1.82) is 0 Å². The normalized spacial score (nSPS) is 18.5. The van der Waals surface area contributed by atoms with Gasteiger partial charge in [-0.3, -0.25) is 9.59 Å². The van der Waals surface area contributed by atoms with Crippen LogP contribution in [0.1, 0.15) is 22.3 Å². The van der Waals surface area contributed by atoms with Crippen molar-refractivity contribution in [3.8, 4) is 0 Å². The number of hydrogen-bond donors (Lipinski definition) is 1. The number of likely N-dealkylation sites (tertiary alicyclic amines) is 1. The third kappa shape index (κ3) is 3.33. The molecule has 0 saturated carbocycles. The van der Waals surface area contributed by atoms with Crippen molar-refractivity contribution in [3.05, 3.63) is 45.7 Å². The first-order chi connectivity index (χ1) is 12.0. The Morgan fingerprint density at radius 1 is 1.31 bits per heavy atom. The lowest BCUT2D eigenvalue weighted by Crippen LogP contribution is -2.35. The van der Waals surface area contributed by atoms with Gasteiger partial charge in [0.2, 0.25) is 0 Å². The quantitative estimate of drug-likeness (QED) is 0.850. The molecule has 140 valence electrons. The standard InChI is InChI=1S/C16H15F3N2O4S/c1-26(24,25)10-5-6-21(8-10)15(23)11-7-9-3-2-4-12(16(17,18)19)13(9)20-14(11)22/h2-4,7,10H,5-6,8H2,1H3,(H,20,22). The van der Waals surface area contributed by atoms with E-state index in [0.717, 1.165) is 18.4 Å². The predicted octanol–water partition coefficient (Wildman–Crippen LogP) is 1.81. The number of para-hydroxylation sites is 1. The van der Waals surface area contributed by atoms with Crippen LogP contribution in [0.5, 0.6) is 0 Å². The molecule has 1 fully saturated rings. The molecule has 6 nitrogen and oxygen atoms in total. The number of amides is 1. The second-order valence-corrected chi connectivity index (χ2v) is 8.60. The van der Waals surface area contributed by atoms with Crippen LogP contribution < -0.4 is 5.56 Å². The van der Waals surface area contributed by atoms with Crippen molar-refractivity contribution >= 4 is 26.6 Å². The van der Waals surface area contributed by atoms with E-state index in [1.165, 1.54) is 17.0 Å². The second-order valence-electron chi connectivity index (χ2n) is 6.27. The molecule has 1 N–H and O–H groups in total. The van der Waals surface area contributed by atoms with Gasteiger partial charge in [-0.2, -0.15) is 13.2 Å². The number of fused-ring (bicyclic) bond motifs is 1. The predicted molar refractivity (Wildman–Crippen MR) is 88.7 cm³/mol. The minimum absolute atomic E-state index is 0.0439. The molecule has 0 aliphatic carbocycles. The number of sulfone groups is 1. The van der Waals surface area contributed by atoms with Gasteiger partial charge in [0.1, 0.15) is 5.56 Å². The molecule has 1 atom stereocenters. The highest BCUT2D eigenvalue weighted by Crippen LogP contribution is 2.33. The number of nitrogens with one attached hydrogen (secondary N) is 1. The Bertz CT molecular complexity index is 1040. The molecule has 0 spiro atoms. The fourth-order valence-corrected chi connectivity index (χ4v) is 4.04. The molecule has 3 rings (SSSR count). The van der Waals surface area contributed by atoms with Crippen LogP contribution in [0.3, 0.4) is 0 Å². The van der Waals surface area contributed by atoms with E-state index in [1.54, 1.807) is 0 Å². The molecule has 2 heterocycles. The molecule has 1 unspecified atom stereocenters. The molecule has 1 aliphatic heterocycles. The Kier molecular flexibility index (Phi) is 4.33. The van der Waals surface area contributed by atoms with E-state index in [0.29, 0.717) is 0 Å². The zero-order valence-corrected chi connectivity index (χ0v) is 14.4. The number of H-pyrrole nitrogens is 1. The summed E-state index contributed by atoms with van der Waals surface area (Å²) in [6.45, 7) is 0.119. The van der Waals surface area contributed by atoms with Gasteiger partial charge in [0.05, 0.1) is 16.3 Å². The summed E-state index contributed by atoms with van der Waals surface area (Å²) in [6, 6.07) is 4.50. The third-order valence-corrected chi connectivity index (χ3v) is 6.05. The topological polar surface area (TPSA) is 87.3 Å². The molecular weight excluding hydrogens is 373 g/mol. The van der Waals surface area contributed by atoms with Crippen LogP contribution in [0.2, 0.25) is 0 Å². The molecule has 1 aromatic carbocycles. The summed E-state index contributed by atoms with van der Waals surface area (Å²) in [4.78, 5) is 28.1. The number of carbonyl (C=O) groups is 1. The maximum atomic E-state index is 13.1. The zero-order valence-electron chi connectivity index (χ0n) is 13.6. The minimum atomic E-state index is -4.65. The number of aromatic nitrogens is 1. The van der Waals surface area contributed by atoms with Crippen LogP contribution in [-0.2, 0) is 16.0 Å². The SMILES string of the molecule is CS(=O)(=O)C1CCN(C(=O)c2cc3cccc(C(F)(F)F)c3[nH]c2=O)C1. The fourth-order valence-electron chi connectivity index (χ4n) is 3.06. The van der Waals surface area contributed by atoms with Crippen molar-refractivity contribution in [3.63, 3.8) is 0 Å². The summed E-state index contributed by atoms with van der Waals surface area (Å²) in [5.74, 6) is -0.697. The Labute approximate surface area is 146 Å². The number of pyridine rings is 1. The Balaban J connectivity index is 2.01. The van der Waals surface area contributed by atoms with Crippen molar-refractivity contribution < 1.29 is 26.4 Å². The van der Waals surface area contributed by atoms with Gasteiger partial charge in [0.25, 0.3) is 11.5 Å². The maximum Gasteiger partial charge on any atom is 0.418 e. The van der Waals surface area contributed by atoms with Crippen molar-refractivity contribution in [2.75, 3.05) is 19.3 Å². The highest BCUT2D eigenvalue weighted by molar-refractivity contribution is 7.91. The monoisotopic (exact) mass is 388 g/mol. The van der Waals surface area contributed by atoms with E-state index in [-0.39, 0.29) is 30.5 Å². The summed E-state index contributed by atoms with van der Waals surface area (Å²) in [5, 5.41) is -0.635. The molecular formula is C16H15F3N2O4S. The van der Waals surface area contributed by atoms with E-state index >= 15 is 0 Å². The smallest absolute Gasteiger partial charge is 0.337 e. The van der Waals surface area contributed by atoms with Crippen LogP contribution in [-0.4, -0.2) is 48.8 Å². The van der Waals surface area contributed by atoms with E-state index in [1.807, 2.05) is 0 Å². The lowest BCUT2D eigenvalue weighted by atomic mass is 10.1. The molecule has 26 heavy (non-hydrogen) atoms. The summed E-state index contributed by atoms with van der Waals surface area (Å²) in [6.07, 6.45) is -3.31. The molecule has 1 saturated heterocycles. The third-order valence-electron chi connectivity index (χ3n) is 4.45. The molecule has 1 aliphatic rings. The van der Waals surface area contributed by atoms with Gasteiger partial charge in [-0.1, -0.05) is 12.1 Å². The van der Waals surface area contributed by atoms with Gasteiger partial charge in [0.15, 0.2) is 9.84 Å². The largest absolute Gasteiger partial charge is 0.418 e. The van der Waals surface area contributed by atoms with E-state index < -0.39 is 43.8 Å². The fraction of sp³-hybridized carbons (Fsp3) is 0.375. The number of carbonyl (C=O) groups excluding carboxylic acids is 1. The van der Waals surface area contributed by atoms with Gasteiger partial charge in [-0.15, -0.1) is 0 Å². The van der Waals surface area contributed by atoms with Gasteiger partial charge >= 0.3 is 6.18 Å². The molecule has 0 radical (unpaired) electrons. The summed E-state index contributed by atoms with van der Waals surface area (Å²) >= 11 is 0. The molecule has 0 bridgehead atoms. The molecule has 2 aromatic rings. The second kappa shape index (κ2) is 6.11. The number of benzene rings is 1. The summed E-state index contributed by atoms with van der Waals surface area (Å²) < 4.78 is 62.4. The summed E-state index contributed by atoms with van der Waals surface area (Å²) in [7, 11) is -3.32. The number of alkyl halides is 3. The van der Waals surface area contributed by atoms with Crippen LogP contribution >= 0.6 is 0 Å². The van der Waals surface area contributed by atoms with Crippen LogP contribution in [0.25, 0.3) is 10.9 Å². The Morgan fingerprint density at radius 3 is 2.58 bits per heavy atom. The number of nitrogens with zero attached hydrogens (tertiary/aromatic N) is 1. The van der Waals surface area contributed by atoms with Crippen molar-refractivity contribution in [2.24, 2.45) is 0 Å². The van der Waals surface area contributed by atoms with Gasteiger partial charge in [-0.25, -0.2) is 8.42 Å². The maximum absolute atomic E-state index is 13.1. The van der Waals surface area contributed by atoms with E-state index in [4.69, 9.17) is 0 Å². The summed E-state index contributed by atoms with van der Waals surface area (Å²) in [5.41, 5.74) is -2.64. The van der Waals surface area contributed by atoms with Crippen molar-refractivity contribution in [2.45, 2.75) is 17.8 Å². The highest BCUT2D eigenvalue weighted by atomic mass is 32.2. The number of rotatable bonds is 2. The average Bonchev–Trinajstić information content (AvgIpc) is 3.02. The molecule has 10 heteroatoms. The lowest BCUT2D eigenvalue weighted by Gasteiger charge is -2.16. The Morgan fingerprint density at radius 2 is 2.00 bits per heavy atom. The van der Waals surface area contributed by atoms with E-state index in [9.17, 15) is 31.2 Å². The van der Waals surface area contributed by atoms with Crippen LogP contribution in [0.4, 0.5) is 13.2 Å². The van der Waals surface area contributed by atoms with Gasteiger partial charge < -0.3 is 9.88 Å². The Hall–Kier alpha value is -2.36. The van der Waals surface area contributed by atoms with Crippen molar-refractivity contribution in [1.82, 2.24) is 9.88 Å². The van der Waals surface area contributed by atoms with Gasteiger partial charge in [-0.05, 0) is 23.9 Å². The van der Waals surface area contributed by atoms with Crippen LogP contribution in [0, 0.1) is 0 Å². The first-order valence-electron chi connectivity index (χ1n) is 7.70. The zero-order chi connectivity index (χ0) is 19.3. The number of hydrogen-bond acceptors (Lipinski definition) is 4. The van der Waals surface area contributed by atoms with E-state index in [2.05, 4.69) is 4.98 Å². The average molecular weight is 388 g/mol. The first kappa shape index (κ1) is 18.4. The highest BCUT2D eigenvalue weighted by Gasteiger charge is 2.35. The minimum Gasteiger partial charge on any atom is -0.337 e. The van der Waals surface area contributed by atoms with Crippen LogP contribution in [0.15, 0.2) is 29.1 Å². The number of aromatic amines is 1. The molecule has 1 amide bonds. The number of halogens is 3. The lowest BCUT2D eigenvalue weighted by molar-refractivity contribution is -0.136. The van der Waals surface area contributed by atoms with Gasteiger partial charge in [0, 0.05) is 19.3 Å². The first-order valence-corrected chi connectivity index (χ1v) is 9.65.